The van der Waals surface area contributed by atoms with E-state index in [9.17, 15) is 0 Å². The van der Waals surface area contributed by atoms with E-state index in [1.807, 2.05) is 22.9 Å². The SMILES string of the molecule is CC1(C)CC(n2nnc3ccc(Cl)cc32)C1. The molecule has 84 valence electrons. The molecule has 1 aliphatic rings. The Labute approximate surface area is 99.4 Å². The Morgan fingerprint density at radius 1 is 1.38 bits per heavy atom. The van der Waals surface area contributed by atoms with Gasteiger partial charge in [-0.25, -0.2) is 4.68 Å². The smallest absolute Gasteiger partial charge is 0.113 e. The van der Waals surface area contributed by atoms with Crippen molar-refractivity contribution in [2.75, 3.05) is 0 Å². The zero-order valence-electron chi connectivity index (χ0n) is 9.44. The minimum Gasteiger partial charge on any atom is -0.242 e. The molecule has 0 radical (unpaired) electrons. The monoisotopic (exact) mass is 235 g/mol. The maximum absolute atomic E-state index is 6.00. The molecular formula is C12H14ClN3. The van der Waals surface area contributed by atoms with Crippen molar-refractivity contribution in [3.8, 4) is 0 Å². The number of hydrogen-bond acceptors (Lipinski definition) is 2. The average Bonchev–Trinajstić information content (AvgIpc) is 2.56. The van der Waals surface area contributed by atoms with Crippen molar-refractivity contribution < 1.29 is 0 Å². The van der Waals surface area contributed by atoms with Gasteiger partial charge < -0.3 is 0 Å². The van der Waals surface area contributed by atoms with E-state index >= 15 is 0 Å². The van der Waals surface area contributed by atoms with Gasteiger partial charge in [-0.2, -0.15) is 0 Å². The van der Waals surface area contributed by atoms with Crippen LogP contribution >= 0.6 is 11.6 Å². The summed E-state index contributed by atoms with van der Waals surface area (Å²) in [5.74, 6) is 0. The molecule has 0 amide bonds. The van der Waals surface area contributed by atoms with Gasteiger partial charge >= 0.3 is 0 Å². The number of benzene rings is 1. The predicted octanol–water partition coefficient (Wildman–Crippen LogP) is 3.45. The van der Waals surface area contributed by atoms with E-state index in [-0.39, 0.29) is 0 Å². The fourth-order valence-corrected chi connectivity index (χ4v) is 2.73. The summed E-state index contributed by atoms with van der Waals surface area (Å²) in [6, 6.07) is 6.21. The highest BCUT2D eigenvalue weighted by Gasteiger charge is 2.38. The summed E-state index contributed by atoms with van der Waals surface area (Å²) >= 11 is 6.00. The molecular weight excluding hydrogens is 222 g/mol. The Bertz CT molecular complexity index is 536. The molecule has 1 aliphatic carbocycles. The summed E-state index contributed by atoms with van der Waals surface area (Å²) in [6.07, 6.45) is 2.33. The lowest BCUT2D eigenvalue weighted by atomic mass is 9.68. The minimum absolute atomic E-state index is 0.446. The number of rotatable bonds is 1. The molecule has 3 rings (SSSR count). The average molecular weight is 236 g/mol. The standard InChI is InChI=1S/C12H14ClN3/c1-12(2)6-9(7-12)16-11-5-8(13)3-4-10(11)14-15-16/h3-5,9H,6-7H2,1-2H3. The van der Waals surface area contributed by atoms with Gasteiger partial charge in [0.25, 0.3) is 0 Å². The van der Waals surface area contributed by atoms with Crippen molar-refractivity contribution in [3.63, 3.8) is 0 Å². The first kappa shape index (κ1) is 10.1. The molecule has 0 spiro atoms. The molecule has 0 unspecified atom stereocenters. The van der Waals surface area contributed by atoms with Gasteiger partial charge in [0.1, 0.15) is 5.52 Å². The van der Waals surface area contributed by atoms with Crippen LogP contribution in [0.5, 0.6) is 0 Å². The van der Waals surface area contributed by atoms with Crippen LogP contribution in [0.4, 0.5) is 0 Å². The normalized spacial score (nSPS) is 19.9. The fraction of sp³-hybridized carbons (Fsp3) is 0.500. The maximum Gasteiger partial charge on any atom is 0.113 e. The molecule has 0 N–H and O–H groups in total. The first-order valence-corrected chi connectivity index (χ1v) is 5.93. The molecule has 1 fully saturated rings. The van der Waals surface area contributed by atoms with Crippen LogP contribution in [0, 0.1) is 5.41 Å². The summed E-state index contributed by atoms with van der Waals surface area (Å²) in [5, 5.41) is 9.14. The third-order valence-electron chi connectivity index (χ3n) is 3.36. The molecule has 1 saturated carbocycles. The van der Waals surface area contributed by atoms with Crippen molar-refractivity contribution in [2.45, 2.75) is 32.7 Å². The molecule has 3 nitrogen and oxygen atoms in total. The van der Waals surface area contributed by atoms with Crippen molar-refractivity contribution in [2.24, 2.45) is 5.41 Å². The maximum atomic E-state index is 6.00. The topological polar surface area (TPSA) is 30.7 Å². The van der Waals surface area contributed by atoms with Crippen LogP contribution < -0.4 is 0 Å². The van der Waals surface area contributed by atoms with E-state index in [0.717, 1.165) is 28.9 Å². The molecule has 1 aromatic heterocycles. The quantitative estimate of drug-likeness (QED) is 0.758. The van der Waals surface area contributed by atoms with Crippen LogP contribution in [0.2, 0.25) is 5.02 Å². The summed E-state index contributed by atoms with van der Waals surface area (Å²) in [4.78, 5) is 0. The minimum atomic E-state index is 0.446. The molecule has 2 aromatic rings. The number of nitrogens with zero attached hydrogens (tertiary/aromatic N) is 3. The van der Waals surface area contributed by atoms with E-state index in [4.69, 9.17) is 11.6 Å². The van der Waals surface area contributed by atoms with E-state index in [1.54, 1.807) is 0 Å². The van der Waals surface area contributed by atoms with E-state index in [0.29, 0.717) is 11.5 Å². The van der Waals surface area contributed by atoms with Crippen molar-refractivity contribution in [3.05, 3.63) is 23.2 Å². The van der Waals surface area contributed by atoms with Crippen molar-refractivity contribution in [1.82, 2.24) is 15.0 Å². The van der Waals surface area contributed by atoms with Gasteiger partial charge in [-0.15, -0.1) is 5.10 Å². The predicted molar refractivity (Wildman–Crippen MR) is 64.6 cm³/mol. The van der Waals surface area contributed by atoms with Crippen LogP contribution in [0.1, 0.15) is 32.7 Å². The highest BCUT2D eigenvalue weighted by atomic mass is 35.5. The summed E-state index contributed by atoms with van der Waals surface area (Å²) in [5.41, 5.74) is 2.42. The molecule has 1 heterocycles. The van der Waals surface area contributed by atoms with Crippen LogP contribution in [-0.2, 0) is 0 Å². The van der Waals surface area contributed by atoms with Crippen LogP contribution in [0.15, 0.2) is 18.2 Å². The number of fused-ring (bicyclic) bond motifs is 1. The molecule has 1 aromatic carbocycles. The number of hydrogen-bond donors (Lipinski definition) is 0. The Morgan fingerprint density at radius 3 is 2.81 bits per heavy atom. The number of aromatic nitrogens is 3. The lowest BCUT2D eigenvalue weighted by Gasteiger charge is -2.42. The zero-order chi connectivity index (χ0) is 11.3. The summed E-state index contributed by atoms with van der Waals surface area (Å²) in [7, 11) is 0. The lowest BCUT2D eigenvalue weighted by Crippen LogP contribution is -2.34. The van der Waals surface area contributed by atoms with Crippen LogP contribution in [0.25, 0.3) is 11.0 Å². The Morgan fingerprint density at radius 2 is 2.12 bits per heavy atom. The van der Waals surface area contributed by atoms with Gasteiger partial charge in [0.05, 0.1) is 11.6 Å². The first-order chi connectivity index (χ1) is 7.55. The molecule has 16 heavy (non-hydrogen) atoms. The molecule has 0 atom stereocenters. The summed E-state index contributed by atoms with van der Waals surface area (Å²) in [6.45, 7) is 4.57. The van der Waals surface area contributed by atoms with Crippen LogP contribution in [-0.4, -0.2) is 15.0 Å². The Balaban J connectivity index is 2.02. The first-order valence-electron chi connectivity index (χ1n) is 5.56. The second kappa shape index (κ2) is 3.20. The van der Waals surface area contributed by atoms with Gasteiger partial charge in [0.2, 0.25) is 0 Å². The molecule has 0 bridgehead atoms. The van der Waals surface area contributed by atoms with Crippen molar-refractivity contribution in [1.29, 1.82) is 0 Å². The van der Waals surface area contributed by atoms with Crippen molar-refractivity contribution >= 4 is 22.6 Å². The van der Waals surface area contributed by atoms with Gasteiger partial charge in [0.15, 0.2) is 0 Å². The largest absolute Gasteiger partial charge is 0.242 e. The van der Waals surface area contributed by atoms with Gasteiger partial charge in [-0.05, 0) is 36.5 Å². The van der Waals surface area contributed by atoms with E-state index in [2.05, 4.69) is 24.2 Å². The summed E-state index contributed by atoms with van der Waals surface area (Å²) < 4.78 is 2.02. The van der Waals surface area contributed by atoms with E-state index in [1.165, 1.54) is 0 Å². The van der Waals surface area contributed by atoms with Gasteiger partial charge in [0, 0.05) is 5.02 Å². The lowest BCUT2D eigenvalue weighted by molar-refractivity contribution is 0.0966. The van der Waals surface area contributed by atoms with Gasteiger partial charge in [-0.3, -0.25) is 0 Å². The second-order valence-electron chi connectivity index (χ2n) is 5.39. The molecule has 4 heteroatoms. The molecule has 0 aliphatic heterocycles. The fourth-order valence-electron chi connectivity index (χ4n) is 2.57. The molecule has 0 saturated heterocycles. The zero-order valence-corrected chi connectivity index (χ0v) is 10.2. The third-order valence-corrected chi connectivity index (χ3v) is 3.59. The highest BCUT2D eigenvalue weighted by molar-refractivity contribution is 6.31. The Hall–Kier alpha value is -1.09. The van der Waals surface area contributed by atoms with Gasteiger partial charge in [-0.1, -0.05) is 30.7 Å². The highest BCUT2D eigenvalue weighted by Crippen LogP contribution is 2.48. The van der Waals surface area contributed by atoms with E-state index < -0.39 is 0 Å². The number of halogens is 1. The van der Waals surface area contributed by atoms with Crippen LogP contribution in [0.3, 0.4) is 0 Å². The Kier molecular flexibility index (Phi) is 2.02. The second-order valence-corrected chi connectivity index (χ2v) is 5.83. The third kappa shape index (κ3) is 1.50.